The number of hydrogen-bond donors (Lipinski definition) is 0. The zero-order valence-corrected chi connectivity index (χ0v) is 46.9. The second-order valence-electron chi connectivity index (χ2n) is 22.5. The fourth-order valence-corrected chi connectivity index (χ4v) is 13.9. The Labute approximate surface area is 454 Å². The molecular formula is C74H65N3. The molecule has 0 unspecified atom stereocenters. The smallest absolute Gasteiger partial charge is 0.0991 e. The van der Waals surface area contributed by atoms with Crippen molar-refractivity contribution in [2.24, 2.45) is 0 Å². The molecule has 0 aliphatic heterocycles. The van der Waals surface area contributed by atoms with E-state index in [2.05, 4.69) is 257 Å². The Kier molecular flexibility index (Phi) is 11.8. The van der Waals surface area contributed by atoms with Crippen molar-refractivity contribution in [2.75, 3.05) is 0 Å². The van der Waals surface area contributed by atoms with Gasteiger partial charge in [0.1, 0.15) is 0 Å². The molecule has 0 radical (unpaired) electrons. The van der Waals surface area contributed by atoms with Crippen LogP contribution in [0.2, 0.25) is 0 Å². The number of rotatable bonds is 7. The summed E-state index contributed by atoms with van der Waals surface area (Å²) in [7, 11) is 0. The maximum atomic E-state index is 10.8. The normalized spacial score (nSPS) is 11.7. The van der Waals surface area contributed by atoms with E-state index in [1.54, 1.807) is 0 Å². The van der Waals surface area contributed by atoms with Gasteiger partial charge in [0.15, 0.2) is 0 Å². The van der Waals surface area contributed by atoms with Gasteiger partial charge in [-0.3, -0.25) is 0 Å². The highest BCUT2D eigenvalue weighted by Crippen LogP contribution is 2.46. The maximum Gasteiger partial charge on any atom is 0.0991 e. The fourth-order valence-electron chi connectivity index (χ4n) is 13.9. The van der Waals surface area contributed by atoms with Gasteiger partial charge in [-0.15, -0.1) is 0 Å². The van der Waals surface area contributed by atoms with Crippen molar-refractivity contribution in [3.05, 3.63) is 236 Å². The van der Waals surface area contributed by atoms with Crippen molar-refractivity contribution in [3.63, 3.8) is 0 Å². The predicted molar refractivity (Wildman–Crippen MR) is 329 cm³/mol. The van der Waals surface area contributed by atoms with E-state index in [4.69, 9.17) is 0 Å². The lowest BCUT2D eigenvalue weighted by Crippen LogP contribution is -2.04. The predicted octanol–water partition coefficient (Wildman–Crippen LogP) is 20.1. The van der Waals surface area contributed by atoms with Crippen LogP contribution in [0, 0.1) is 101 Å². The molecule has 12 aromatic rings. The van der Waals surface area contributed by atoms with Crippen LogP contribution in [0.4, 0.5) is 0 Å². The van der Waals surface area contributed by atoms with Gasteiger partial charge in [0.05, 0.1) is 45.1 Å². The number of aryl methyl sites for hydroxylation is 13. The first kappa shape index (κ1) is 49.2. The first-order chi connectivity index (χ1) is 37.0. The average molecular weight is 996 g/mol. The number of hydrogen-bond acceptors (Lipinski definition) is 1. The molecule has 0 aliphatic rings. The lowest BCUT2D eigenvalue weighted by atomic mass is 9.91. The number of nitriles is 1. The highest BCUT2D eigenvalue weighted by atomic mass is 15.0. The molecule has 12 rings (SSSR count). The lowest BCUT2D eigenvalue weighted by molar-refractivity contribution is 1.14. The minimum atomic E-state index is 0.612. The van der Waals surface area contributed by atoms with E-state index < -0.39 is 0 Å². The number of para-hydroxylation sites is 1. The Balaban J connectivity index is 1.15. The standard InChI is InChI=1S/C74H65N3/c1-41-27-46(6)70(47(7)28-41)55-18-23-66-61(36-55)62-37-56(71-48(8)29-42(2)30-49(71)9)19-24-67(62)76(66)65-22-17-54(40-75)35-60(65)59-16-14-15-45(5)74(59)77-68-25-20-57(72-50(10)31-43(3)32-51(72)11)38-63(68)64-39-58(21-26-69(64)77)73-52(12)33-44(4)34-53(73)13/h14-39H,1-13H3. The van der Waals surface area contributed by atoms with Gasteiger partial charge in [-0.05, 0) is 251 Å². The van der Waals surface area contributed by atoms with E-state index in [9.17, 15) is 5.26 Å². The van der Waals surface area contributed by atoms with Crippen LogP contribution in [-0.2, 0) is 0 Å². The third-order valence-corrected chi connectivity index (χ3v) is 16.5. The lowest BCUT2D eigenvalue weighted by Gasteiger charge is -2.21. The zero-order chi connectivity index (χ0) is 53.9. The van der Waals surface area contributed by atoms with Gasteiger partial charge in [0, 0.05) is 32.7 Å². The summed E-state index contributed by atoms with van der Waals surface area (Å²) >= 11 is 0. The number of benzene rings is 10. The van der Waals surface area contributed by atoms with Crippen LogP contribution in [0.25, 0.3) is 111 Å². The summed E-state index contributed by atoms with van der Waals surface area (Å²) < 4.78 is 4.95. The topological polar surface area (TPSA) is 33.6 Å². The summed E-state index contributed by atoms with van der Waals surface area (Å²) in [6, 6.07) is 62.1. The highest BCUT2D eigenvalue weighted by Gasteiger charge is 2.25. The van der Waals surface area contributed by atoms with Crippen LogP contribution < -0.4 is 0 Å². The molecule has 0 saturated heterocycles. The van der Waals surface area contributed by atoms with Crippen LogP contribution >= 0.6 is 0 Å². The molecular weight excluding hydrogens is 931 g/mol. The van der Waals surface area contributed by atoms with Gasteiger partial charge < -0.3 is 9.13 Å². The number of nitrogens with zero attached hydrogens (tertiary/aromatic N) is 3. The van der Waals surface area contributed by atoms with Gasteiger partial charge in [0.25, 0.3) is 0 Å². The van der Waals surface area contributed by atoms with Crippen LogP contribution in [0.3, 0.4) is 0 Å². The third kappa shape index (κ3) is 8.09. The molecule has 77 heavy (non-hydrogen) atoms. The Bertz CT molecular complexity index is 4220. The second kappa shape index (κ2) is 18.5. The van der Waals surface area contributed by atoms with E-state index in [0.29, 0.717) is 5.56 Å². The highest BCUT2D eigenvalue weighted by molar-refractivity contribution is 6.14. The molecule has 0 bridgehead atoms. The Morgan fingerprint density at radius 2 is 0.623 bits per heavy atom. The van der Waals surface area contributed by atoms with Crippen molar-refractivity contribution in [1.82, 2.24) is 9.13 Å². The molecule has 3 heteroatoms. The van der Waals surface area contributed by atoms with E-state index in [1.165, 1.54) is 133 Å². The Hall–Kier alpha value is -8.71. The van der Waals surface area contributed by atoms with Gasteiger partial charge in [0.2, 0.25) is 0 Å². The van der Waals surface area contributed by atoms with Crippen molar-refractivity contribution in [1.29, 1.82) is 5.26 Å². The Morgan fingerprint density at radius 3 is 0.948 bits per heavy atom. The second-order valence-corrected chi connectivity index (χ2v) is 22.5. The molecule has 2 heterocycles. The largest absolute Gasteiger partial charge is 0.309 e. The maximum absolute atomic E-state index is 10.8. The summed E-state index contributed by atoms with van der Waals surface area (Å²) in [4.78, 5) is 0. The van der Waals surface area contributed by atoms with Crippen molar-refractivity contribution in [2.45, 2.75) is 90.0 Å². The molecule has 376 valence electrons. The first-order valence-corrected chi connectivity index (χ1v) is 27.1. The molecule has 0 aliphatic carbocycles. The number of aromatic nitrogens is 2. The van der Waals surface area contributed by atoms with Crippen LogP contribution in [0.15, 0.2) is 158 Å². The van der Waals surface area contributed by atoms with Crippen LogP contribution in [0.5, 0.6) is 0 Å². The van der Waals surface area contributed by atoms with E-state index >= 15 is 0 Å². The van der Waals surface area contributed by atoms with E-state index in [0.717, 1.165) is 50.1 Å². The molecule has 0 amide bonds. The van der Waals surface area contributed by atoms with Crippen LogP contribution in [-0.4, -0.2) is 9.13 Å². The van der Waals surface area contributed by atoms with Crippen molar-refractivity contribution < 1.29 is 0 Å². The minimum Gasteiger partial charge on any atom is -0.309 e. The quantitative estimate of drug-likeness (QED) is 0.157. The average Bonchev–Trinajstić information content (AvgIpc) is 4.13. The summed E-state index contributed by atoms with van der Waals surface area (Å²) in [5.41, 5.74) is 35.7. The molecule has 10 aromatic carbocycles. The third-order valence-electron chi connectivity index (χ3n) is 16.5. The summed E-state index contributed by atoms with van der Waals surface area (Å²) in [5, 5.41) is 15.5. The van der Waals surface area contributed by atoms with Gasteiger partial charge in [-0.25, -0.2) is 0 Å². The van der Waals surface area contributed by atoms with Crippen molar-refractivity contribution in [3.8, 4) is 73.1 Å². The molecule has 0 atom stereocenters. The summed E-state index contributed by atoms with van der Waals surface area (Å²) in [6.45, 7) is 28.9. The molecule has 2 aromatic heterocycles. The molecule has 0 N–H and O–H groups in total. The summed E-state index contributed by atoms with van der Waals surface area (Å²) in [6.07, 6.45) is 0. The zero-order valence-electron chi connectivity index (χ0n) is 46.9. The molecule has 3 nitrogen and oxygen atoms in total. The van der Waals surface area contributed by atoms with Gasteiger partial charge in [-0.2, -0.15) is 5.26 Å². The van der Waals surface area contributed by atoms with E-state index in [-0.39, 0.29) is 0 Å². The molecule has 0 saturated carbocycles. The summed E-state index contributed by atoms with van der Waals surface area (Å²) in [5.74, 6) is 0. The van der Waals surface area contributed by atoms with Crippen molar-refractivity contribution >= 4 is 43.6 Å². The monoisotopic (exact) mass is 996 g/mol. The SMILES string of the molecule is Cc1cc(C)c(-c2ccc3c(c2)c2cc(-c4c(C)cc(C)cc4C)ccc2n3-c2ccc(C#N)cc2-c2cccc(C)c2-n2c3ccc(-c4c(C)cc(C)cc4C)cc3c3cc(-c4c(C)cc(C)cc4C)ccc32)c(C)c1. The van der Waals surface area contributed by atoms with E-state index in [1.807, 2.05) is 6.07 Å². The molecule has 0 fully saturated rings. The Morgan fingerprint density at radius 1 is 0.299 bits per heavy atom. The van der Waals surface area contributed by atoms with Gasteiger partial charge >= 0.3 is 0 Å². The fraction of sp³-hybridized carbons (Fsp3) is 0.176. The van der Waals surface area contributed by atoms with Crippen LogP contribution in [0.1, 0.15) is 77.9 Å². The van der Waals surface area contributed by atoms with Gasteiger partial charge in [-0.1, -0.05) is 113 Å². The molecule has 0 spiro atoms. The number of fused-ring (bicyclic) bond motifs is 6. The first-order valence-electron chi connectivity index (χ1n) is 27.1. The minimum absolute atomic E-state index is 0.612.